The molecule has 1 spiro atoms. The molecule has 7 heteroatoms. The fourth-order valence-corrected chi connectivity index (χ4v) is 4.50. The molecule has 1 aromatic carbocycles. The van der Waals surface area contributed by atoms with Crippen molar-refractivity contribution in [3.8, 4) is 0 Å². The van der Waals surface area contributed by atoms with Crippen molar-refractivity contribution in [3.05, 3.63) is 65.2 Å². The number of hydrogen-bond acceptors (Lipinski definition) is 7. The number of hydrogen-bond donors (Lipinski definition) is 1. The standard InChI is InChI=1S/C22H22N2O5/c1-3-12-24-14-9-6-5-8-13(14)22(18(19(24)23)20(26)28-4-2)17-15(25)10-7-11-16(17)29-21(22)27/h3,5-6,8-9H,1,4,7,10-12,23H2,2H3/t22-/m1/s1. The number of nitrogens with two attached hydrogens (primary N) is 1. The number of benzene rings is 1. The van der Waals surface area contributed by atoms with Gasteiger partial charge in [-0.05, 0) is 19.4 Å². The summed E-state index contributed by atoms with van der Waals surface area (Å²) >= 11 is 0. The molecular weight excluding hydrogens is 372 g/mol. The zero-order valence-electron chi connectivity index (χ0n) is 16.2. The highest BCUT2D eigenvalue weighted by atomic mass is 16.5. The fourth-order valence-electron chi connectivity index (χ4n) is 4.50. The van der Waals surface area contributed by atoms with E-state index in [-0.39, 0.29) is 35.8 Å². The third kappa shape index (κ3) is 2.46. The van der Waals surface area contributed by atoms with Crippen molar-refractivity contribution in [1.82, 2.24) is 0 Å². The first kappa shape index (κ1) is 19.0. The lowest BCUT2D eigenvalue weighted by Crippen LogP contribution is -2.50. The number of fused-ring (bicyclic) bond motifs is 3. The van der Waals surface area contributed by atoms with Crippen molar-refractivity contribution in [1.29, 1.82) is 0 Å². The average Bonchev–Trinajstić information content (AvgIpc) is 2.99. The van der Waals surface area contributed by atoms with Crippen LogP contribution in [0.5, 0.6) is 0 Å². The van der Waals surface area contributed by atoms with Gasteiger partial charge in [-0.1, -0.05) is 24.3 Å². The van der Waals surface area contributed by atoms with Crippen molar-refractivity contribution in [2.75, 3.05) is 18.1 Å². The first-order valence-electron chi connectivity index (χ1n) is 9.62. The van der Waals surface area contributed by atoms with Gasteiger partial charge in [0.05, 0.1) is 12.2 Å². The molecule has 2 N–H and O–H groups in total. The van der Waals surface area contributed by atoms with Gasteiger partial charge in [-0.3, -0.25) is 4.79 Å². The Morgan fingerprint density at radius 2 is 2.10 bits per heavy atom. The second kappa shape index (κ2) is 6.92. The Labute approximate surface area is 168 Å². The van der Waals surface area contributed by atoms with E-state index in [1.165, 1.54) is 0 Å². The first-order valence-corrected chi connectivity index (χ1v) is 9.62. The van der Waals surface area contributed by atoms with Crippen LogP contribution in [0.25, 0.3) is 0 Å². The van der Waals surface area contributed by atoms with E-state index in [4.69, 9.17) is 15.2 Å². The zero-order chi connectivity index (χ0) is 20.8. The Balaban J connectivity index is 2.11. The minimum Gasteiger partial charge on any atom is -0.462 e. The van der Waals surface area contributed by atoms with Gasteiger partial charge in [-0.2, -0.15) is 0 Å². The molecule has 1 aromatic rings. The summed E-state index contributed by atoms with van der Waals surface area (Å²) in [5, 5.41) is 0. The number of Topliss-reactive ketones (excluding diaryl/α,β-unsaturated/α-hetero) is 1. The summed E-state index contributed by atoms with van der Waals surface area (Å²) < 4.78 is 10.8. The minimum atomic E-state index is -1.71. The Bertz CT molecular complexity index is 1010. The molecule has 0 saturated carbocycles. The van der Waals surface area contributed by atoms with Crippen LogP contribution in [-0.2, 0) is 29.3 Å². The second-order valence-corrected chi connectivity index (χ2v) is 7.11. The van der Waals surface area contributed by atoms with Crippen molar-refractivity contribution in [3.63, 3.8) is 0 Å². The highest BCUT2D eigenvalue weighted by Crippen LogP contribution is 2.55. The molecule has 0 aromatic heterocycles. The summed E-state index contributed by atoms with van der Waals surface area (Å²) in [6.45, 7) is 5.85. The molecule has 1 aliphatic carbocycles. The highest BCUT2D eigenvalue weighted by molar-refractivity contribution is 6.18. The molecule has 0 unspecified atom stereocenters. The lowest BCUT2D eigenvalue weighted by Gasteiger charge is -2.41. The molecule has 0 radical (unpaired) electrons. The molecule has 2 heterocycles. The molecule has 4 rings (SSSR count). The highest BCUT2D eigenvalue weighted by Gasteiger charge is 2.63. The zero-order valence-corrected chi connectivity index (χ0v) is 16.2. The van der Waals surface area contributed by atoms with Crippen LogP contribution in [0.4, 0.5) is 5.69 Å². The summed E-state index contributed by atoms with van der Waals surface area (Å²) in [4.78, 5) is 41.2. The van der Waals surface area contributed by atoms with Gasteiger partial charge in [0, 0.05) is 30.6 Å². The smallest absolute Gasteiger partial charge is 0.339 e. The van der Waals surface area contributed by atoms with E-state index in [0.717, 1.165) is 0 Å². The third-order valence-corrected chi connectivity index (χ3v) is 5.57. The van der Waals surface area contributed by atoms with Gasteiger partial charge in [-0.25, -0.2) is 9.59 Å². The molecule has 0 saturated heterocycles. The number of esters is 2. The van der Waals surface area contributed by atoms with Gasteiger partial charge in [0.25, 0.3) is 0 Å². The number of anilines is 1. The van der Waals surface area contributed by atoms with Crippen LogP contribution < -0.4 is 10.6 Å². The number of ether oxygens (including phenoxy) is 2. The van der Waals surface area contributed by atoms with Crippen LogP contribution in [0.2, 0.25) is 0 Å². The quantitative estimate of drug-likeness (QED) is 0.617. The van der Waals surface area contributed by atoms with E-state index in [1.54, 1.807) is 36.1 Å². The second-order valence-electron chi connectivity index (χ2n) is 7.11. The molecule has 0 amide bonds. The molecule has 3 aliphatic rings. The number of para-hydroxylation sites is 1. The molecule has 0 bridgehead atoms. The maximum absolute atomic E-state index is 13.4. The van der Waals surface area contributed by atoms with E-state index >= 15 is 0 Å². The molecule has 2 aliphatic heterocycles. The predicted octanol–water partition coefficient (Wildman–Crippen LogP) is 2.23. The van der Waals surface area contributed by atoms with Gasteiger partial charge in [0.1, 0.15) is 17.2 Å². The van der Waals surface area contributed by atoms with Crippen LogP contribution in [0.3, 0.4) is 0 Å². The van der Waals surface area contributed by atoms with Crippen LogP contribution in [-0.4, -0.2) is 30.9 Å². The largest absolute Gasteiger partial charge is 0.462 e. The Morgan fingerprint density at radius 1 is 1.34 bits per heavy atom. The predicted molar refractivity (Wildman–Crippen MR) is 105 cm³/mol. The Hall–Kier alpha value is -3.35. The topological polar surface area (TPSA) is 98.9 Å². The number of carbonyl (C=O) groups excluding carboxylic acids is 3. The number of carbonyl (C=O) groups is 3. The first-order chi connectivity index (χ1) is 14.0. The molecule has 29 heavy (non-hydrogen) atoms. The van der Waals surface area contributed by atoms with Crippen molar-refractivity contribution >= 4 is 23.4 Å². The summed E-state index contributed by atoms with van der Waals surface area (Å²) in [6, 6.07) is 7.10. The lowest BCUT2D eigenvalue weighted by atomic mass is 9.64. The van der Waals surface area contributed by atoms with Gasteiger partial charge in [-0.15, -0.1) is 6.58 Å². The van der Waals surface area contributed by atoms with Gasteiger partial charge in [0.2, 0.25) is 0 Å². The van der Waals surface area contributed by atoms with Crippen LogP contribution in [0.15, 0.2) is 59.6 Å². The van der Waals surface area contributed by atoms with Crippen LogP contribution >= 0.6 is 0 Å². The van der Waals surface area contributed by atoms with E-state index in [1.807, 2.05) is 6.07 Å². The number of nitrogens with zero attached hydrogens (tertiary/aromatic N) is 1. The summed E-state index contributed by atoms with van der Waals surface area (Å²) in [7, 11) is 0. The number of ketones is 1. The van der Waals surface area contributed by atoms with Crippen molar-refractivity contribution < 1.29 is 23.9 Å². The summed E-state index contributed by atoms with van der Waals surface area (Å²) in [5.41, 5.74) is 6.01. The number of rotatable bonds is 4. The molecule has 7 nitrogen and oxygen atoms in total. The van der Waals surface area contributed by atoms with Gasteiger partial charge in [0.15, 0.2) is 11.2 Å². The Morgan fingerprint density at radius 3 is 2.83 bits per heavy atom. The summed E-state index contributed by atoms with van der Waals surface area (Å²) in [5.74, 6) is -1.25. The Kier molecular flexibility index (Phi) is 4.53. The lowest BCUT2D eigenvalue weighted by molar-refractivity contribution is -0.146. The summed E-state index contributed by atoms with van der Waals surface area (Å²) in [6.07, 6.45) is 2.99. The van der Waals surface area contributed by atoms with Crippen LogP contribution in [0, 0.1) is 0 Å². The third-order valence-electron chi connectivity index (χ3n) is 5.57. The maximum atomic E-state index is 13.4. The van der Waals surface area contributed by atoms with Crippen molar-refractivity contribution in [2.24, 2.45) is 5.73 Å². The van der Waals surface area contributed by atoms with Gasteiger partial charge >= 0.3 is 11.9 Å². The number of allylic oxidation sites excluding steroid dienone is 1. The molecule has 0 fully saturated rings. The molecular formula is C22H22N2O5. The van der Waals surface area contributed by atoms with E-state index < -0.39 is 17.4 Å². The SMILES string of the molecule is C=CCN1C(N)=C(C(=O)OCC)[C@@]2(C(=O)OC3=C2C(=O)CCC3)c2ccccc21. The monoisotopic (exact) mass is 394 g/mol. The normalized spacial score (nSPS) is 23.1. The van der Waals surface area contributed by atoms with E-state index in [2.05, 4.69) is 6.58 Å². The molecule has 150 valence electrons. The average molecular weight is 394 g/mol. The fraction of sp³-hybridized carbons (Fsp3) is 0.318. The minimum absolute atomic E-state index is 0.0612. The molecule has 1 atom stereocenters. The maximum Gasteiger partial charge on any atom is 0.339 e. The van der Waals surface area contributed by atoms with Gasteiger partial charge < -0.3 is 20.1 Å². The van der Waals surface area contributed by atoms with Crippen LogP contribution in [0.1, 0.15) is 31.7 Å². The van der Waals surface area contributed by atoms with Crippen molar-refractivity contribution in [2.45, 2.75) is 31.6 Å². The van der Waals surface area contributed by atoms with E-state index in [0.29, 0.717) is 36.4 Å². The van der Waals surface area contributed by atoms with E-state index in [9.17, 15) is 14.4 Å².